The number of aromatic nitrogens is 1. The number of nitrogens with zero attached hydrogens (tertiary/aromatic N) is 2. The SMILES string of the molecule is Cc1ncsc1C(=O)OCC(=O)Nc1ccccc1N1CCCC1=O. The van der Waals surface area contributed by atoms with E-state index in [-0.39, 0.29) is 5.91 Å². The molecule has 0 unspecified atom stereocenters. The minimum absolute atomic E-state index is 0.0359. The number of rotatable bonds is 5. The predicted molar refractivity (Wildman–Crippen MR) is 93.8 cm³/mol. The van der Waals surface area contributed by atoms with E-state index in [0.29, 0.717) is 34.9 Å². The number of hydrogen-bond acceptors (Lipinski definition) is 6. The van der Waals surface area contributed by atoms with Gasteiger partial charge in [-0.3, -0.25) is 9.59 Å². The molecule has 1 aliphatic rings. The molecule has 2 aromatic rings. The highest BCUT2D eigenvalue weighted by atomic mass is 32.1. The molecular weight excluding hydrogens is 342 g/mol. The molecule has 7 nitrogen and oxygen atoms in total. The molecule has 1 aromatic carbocycles. The minimum Gasteiger partial charge on any atom is -0.451 e. The van der Waals surface area contributed by atoms with Gasteiger partial charge in [-0.2, -0.15) is 0 Å². The van der Waals surface area contributed by atoms with Crippen molar-refractivity contribution in [2.75, 3.05) is 23.4 Å². The average Bonchev–Trinajstić information content (AvgIpc) is 3.21. The summed E-state index contributed by atoms with van der Waals surface area (Å²) in [5.41, 5.74) is 3.30. The molecule has 0 bridgehead atoms. The van der Waals surface area contributed by atoms with Gasteiger partial charge in [0.2, 0.25) is 5.91 Å². The normalized spacial score (nSPS) is 13.8. The number of hydrogen-bond donors (Lipinski definition) is 1. The zero-order valence-corrected chi connectivity index (χ0v) is 14.5. The van der Waals surface area contributed by atoms with Crippen molar-refractivity contribution < 1.29 is 19.1 Å². The van der Waals surface area contributed by atoms with Gasteiger partial charge in [-0.05, 0) is 25.5 Å². The van der Waals surface area contributed by atoms with Crippen LogP contribution in [0.25, 0.3) is 0 Å². The molecule has 0 aliphatic carbocycles. The maximum absolute atomic E-state index is 12.1. The molecule has 25 heavy (non-hydrogen) atoms. The van der Waals surface area contributed by atoms with Crippen molar-refractivity contribution in [3.63, 3.8) is 0 Å². The van der Waals surface area contributed by atoms with E-state index in [0.717, 1.165) is 6.42 Å². The van der Waals surface area contributed by atoms with Gasteiger partial charge in [-0.25, -0.2) is 9.78 Å². The zero-order chi connectivity index (χ0) is 17.8. The van der Waals surface area contributed by atoms with E-state index in [1.54, 1.807) is 35.5 Å². The molecule has 1 fully saturated rings. The fraction of sp³-hybridized carbons (Fsp3) is 0.294. The van der Waals surface area contributed by atoms with Crippen LogP contribution in [-0.2, 0) is 14.3 Å². The molecule has 3 rings (SSSR count). The third-order valence-corrected chi connectivity index (χ3v) is 4.72. The van der Waals surface area contributed by atoms with E-state index in [9.17, 15) is 14.4 Å². The number of carbonyl (C=O) groups is 3. The van der Waals surface area contributed by atoms with E-state index >= 15 is 0 Å². The number of ether oxygens (including phenoxy) is 1. The lowest BCUT2D eigenvalue weighted by Gasteiger charge is -2.19. The maximum atomic E-state index is 12.1. The van der Waals surface area contributed by atoms with Gasteiger partial charge in [0, 0.05) is 13.0 Å². The fourth-order valence-corrected chi connectivity index (χ4v) is 3.29. The van der Waals surface area contributed by atoms with Crippen LogP contribution in [0.1, 0.15) is 28.2 Å². The summed E-state index contributed by atoms with van der Waals surface area (Å²) in [5, 5.41) is 2.70. The molecule has 2 heterocycles. The lowest BCUT2D eigenvalue weighted by atomic mass is 10.2. The van der Waals surface area contributed by atoms with Gasteiger partial charge in [-0.15, -0.1) is 11.3 Å². The molecule has 0 spiro atoms. The number of thiazole rings is 1. The largest absolute Gasteiger partial charge is 0.451 e. The predicted octanol–water partition coefficient (Wildman–Crippen LogP) is 2.37. The van der Waals surface area contributed by atoms with Crippen LogP contribution in [0.4, 0.5) is 11.4 Å². The Hall–Kier alpha value is -2.74. The quantitative estimate of drug-likeness (QED) is 0.828. The smallest absolute Gasteiger partial charge is 0.350 e. The van der Waals surface area contributed by atoms with Crippen molar-refractivity contribution in [3.05, 3.63) is 40.3 Å². The van der Waals surface area contributed by atoms with Crippen LogP contribution in [0.3, 0.4) is 0 Å². The molecule has 1 aliphatic heterocycles. The number of esters is 1. The Morgan fingerprint density at radius 1 is 1.36 bits per heavy atom. The van der Waals surface area contributed by atoms with Crippen molar-refractivity contribution in [2.45, 2.75) is 19.8 Å². The lowest BCUT2D eigenvalue weighted by Crippen LogP contribution is -2.27. The van der Waals surface area contributed by atoms with E-state index in [1.165, 1.54) is 11.3 Å². The summed E-state index contributed by atoms with van der Waals surface area (Å²) in [6, 6.07) is 7.08. The number of aryl methyl sites for hydroxylation is 1. The Morgan fingerprint density at radius 3 is 2.84 bits per heavy atom. The van der Waals surface area contributed by atoms with E-state index in [4.69, 9.17) is 4.74 Å². The number of para-hydroxylation sites is 2. The molecule has 0 radical (unpaired) electrons. The van der Waals surface area contributed by atoms with Crippen molar-refractivity contribution in [2.24, 2.45) is 0 Å². The average molecular weight is 359 g/mol. The molecular formula is C17H17N3O4S. The van der Waals surface area contributed by atoms with Crippen LogP contribution in [-0.4, -0.2) is 35.9 Å². The Kier molecular flexibility index (Phi) is 5.08. The Labute approximate surface area is 148 Å². The van der Waals surface area contributed by atoms with Crippen molar-refractivity contribution in [1.82, 2.24) is 4.98 Å². The lowest BCUT2D eigenvalue weighted by molar-refractivity contribution is -0.119. The number of nitrogens with one attached hydrogen (secondary N) is 1. The molecule has 130 valence electrons. The van der Waals surface area contributed by atoms with Crippen LogP contribution < -0.4 is 10.2 Å². The first kappa shape index (κ1) is 17.1. The minimum atomic E-state index is -0.571. The number of carbonyl (C=O) groups excluding carboxylic acids is 3. The molecule has 0 saturated carbocycles. The van der Waals surface area contributed by atoms with E-state index in [2.05, 4.69) is 10.3 Å². The van der Waals surface area contributed by atoms with Gasteiger partial charge in [-0.1, -0.05) is 12.1 Å². The summed E-state index contributed by atoms with van der Waals surface area (Å²) < 4.78 is 5.03. The number of amides is 2. The summed E-state index contributed by atoms with van der Waals surface area (Å²) in [4.78, 5) is 42.0. The third kappa shape index (κ3) is 3.85. The van der Waals surface area contributed by atoms with Crippen LogP contribution >= 0.6 is 11.3 Å². The van der Waals surface area contributed by atoms with Crippen LogP contribution in [0.15, 0.2) is 29.8 Å². The van der Waals surface area contributed by atoms with Crippen molar-refractivity contribution >= 4 is 40.5 Å². The first-order valence-corrected chi connectivity index (χ1v) is 8.70. The van der Waals surface area contributed by atoms with Crippen LogP contribution in [0.5, 0.6) is 0 Å². The summed E-state index contributed by atoms with van der Waals surface area (Å²) in [7, 11) is 0. The highest BCUT2D eigenvalue weighted by Crippen LogP contribution is 2.29. The van der Waals surface area contributed by atoms with E-state index < -0.39 is 18.5 Å². The Balaban J connectivity index is 1.63. The standard InChI is InChI=1S/C17H17N3O4S/c1-11-16(25-10-18-11)17(23)24-9-14(21)19-12-5-2-3-6-13(12)20-8-4-7-15(20)22/h2-3,5-6,10H,4,7-9H2,1H3,(H,19,21). The van der Waals surface area contributed by atoms with Crippen molar-refractivity contribution in [1.29, 1.82) is 0 Å². The third-order valence-electron chi connectivity index (χ3n) is 3.81. The second-order valence-electron chi connectivity index (χ2n) is 5.56. The Morgan fingerprint density at radius 2 is 2.16 bits per heavy atom. The molecule has 1 N–H and O–H groups in total. The van der Waals surface area contributed by atoms with E-state index in [1.807, 2.05) is 6.07 Å². The highest BCUT2D eigenvalue weighted by Gasteiger charge is 2.24. The summed E-state index contributed by atoms with van der Waals surface area (Å²) in [6.45, 7) is 1.93. The first-order chi connectivity index (χ1) is 12.1. The van der Waals surface area contributed by atoms with Gasteiger partial charge >= 0.3 is 5.97 Å². The van der Waals surface area contributed by atoms with Gasteiger partial charge in [0.25, 0.3) is 5.91 Å². The Bertz CT molecular complexity index is 818. The first-order valence-electron chi connectivity index (χ1n) is 7.82. The molecule has 8 heteroatoms. The summed E-state index contributed by atoms with van der Waals surface area (Å²) in [6.07, 6.45) is 1.31. The molecule has 1 saturated heterocycles. The summed E-state index contributed by atoms with van der Waals surface area (Å²) in [5.74, 6) is -0.999. The fourth-order valence-electron chi connectivity index (χ4n) is 2.60. The van der Waals surface area contributed by atoms with Crippen molar-refractivity contribution in [3.8, 4) is 0 Å². The zero-order valence-electron chi connectivity index (χ0n) is 13.7. The molecule has 1 aromatic heterocycles. The van der Waals surface area contributed by atoms with Gasteiger partial charge < -0.3 is 15.0 Å². The topological polar surface area (TPSA) is 88.6 Å². The van der Waals surface area contributed by atoms with Crippen LogP contribution in [0.2, 0.25) is 0 Å². The molecule has 2 amide bonds. The van der Waals surface area contributed by atoms with Gasteiger partial charge in [0.1, 0.15) is 4.88 Å². The van der Waals surface area contributed by atoms with Gasteiger partial charge in [0.15, 0.2) is 6.61 Å². The van der Waals surface area contributed by atoms with Gasteiger partial charge in [0.05, 0.1) is 22.6 Å². The monoisotopic (exact) mass is 359 g/mol. The number of anilines is 2. The number of benzene rings is 1. The highest BCUT2D eigenvalue weighted by molar-refractivity contribution is 7.11. The second kappa shape index (κ2) is 7.43. The molecule has 0 atom stereocenters. The summed E-state index contributed by atoms with van der Waals surface area (Å²) >= 11 is 1.17. The van der Waals surface area contributed by atoms with Crippen LogP contribution in [0, 0.1) is 6.92 Å². The maximum Gasteiger partial charge on any atom is 0.350 e. The second-order valence-corrected chi connectivity index (χ2v) is 6.41.